The standard InChI is InChI=1S/C6H9F2NO2/c7-4-1-3(6(10)11)2-9-5(4)8/h3-5,9H,1-2H2,(H,10,11). The van der Waals surface area contributed by atoms with Crippen molar-refractivity contribution in [2.45, 2.75) is 18.9 Å². The molecule has 0 aliphatic carbocycles. The van der Waals surface area contributed by atoms with E-state index in [1.165, 1.54) is 0 Å². The van der Waals surface area contributed by atoms with Crippen LogP contribution >= 0.6 is 0 Å². The minimum atomic E-state index is -1.70. The van der Waals surface area contributed by atoms with Crippen LogP contribution in [0.3, 0.4) is 0 Å². The van der Waals surface area contributed by atoms with Crippen molar-refractivity contribution in [1.29, 1.82) is 0 Å². The highest BCUT2D eigenvalue weighted by molar-refractivity contribution is 5.70. The maximum atomic E-state index is 12.5. The monoisotopic (exact) mass is 165 g/mol. The summed E-state index contributed by atoms with van der Waals surface area (Å²) in [5.41, 5.74) is 0. The highest BCUT2D eigenvalue weighted by atomic mass is 19.2. The van der Waals surface area contributed by atoms with E-state index >= 15 is 0 Å². The van der Waals surface area contributed by atoms with E-state index in [2.05, 4.69) is 5.32 Å². The molecule has 2 N–H and O–H groups in total. The van der Waals surface area contributed by atoms with Crippen molar-refractivity contribution in [3.8, 4) is 0 Å². The number of nitrogens with one attached hydrogen (secondary N) is 1. The van der Waals surface area contributed by atoms with E-state index in [-0.39, 0.29) is 13.0 Å². The molecule has 0 spiro atoms. The molecule has 1 aliphatic rings. The predicted octanol–water partition coefficient (Wildman–Crippen LogP) is 0.314. The number of carboxylic acid groups (broad SMARTS) is 1. The fourth-order valence-electron chi connectivity index (χ4n) is 1.05. The van der Waals surface area contributed by atoms with E-state index < -0.39 is 24.4 Å². The highest BCUT2D eigenvalue weighted by Gasteiger charge is 2.33. The molecule has 0 amide bonds. The van der Waals surface area contributed by atoms with Gasteiger partial charge in [-0.15, -0.1) is 0 Å². The van der Waals surface area contributed by atoms with Gasteiger partial charge < -0.3 is 5.11 Å². The summed E-state index contributed by atoms with van der Waals surface area (Å²) in [4.78, 5) is 10.3. The second-order valence-corrected chi connectivity index (χ2v) is 2.60. The molecule has 0 saturated carbocycles. The third kappa shape index (κ3) is 1.86. The van der Waals surface area contributed by atoms with Crippen LogP contribution in [0, 0.1) is 5.92 Å². The van der Waals surface area contributed by atoms with Crippen LogP contribution in [0.25, 0.3) is 0 Å². The molecule has 0 radical (unpaired) electrons. The van der Waals surface area contributed by atoms with E-state index in [1.54, 1.807) is 0 Å². The molecular weight excluding hydrogens is 156 g/mol. The van der Waals surface area contributed by atoms with Gasteiger partial charge in [-0.1, -0.05) is 0 Å². The third-order valence-electron chi connectivity index (χ3n) is 1.74. The fraction of sp³-hybridized carbons (Fsp3) is 0.833. The van der Waals surface area contributed by atoms with Gasteiger partial charge in [-0.2, -0.15) is 0 Å². The van der Waals surface area contributed by atoms with Crippen molar-refractivity contribution in [3.05, 3.63) is 0 Å². The lowest BCUT2D eigenvalue weighted by Gasteiger charge is -2.25. The normalized spacial score (nSPS) is 38.5. The molecular formula is C6H9F2NO2. The summed E-state index contributed by atoms with van der Waals surface area (Å²) < 4.78 is 24.8. The Morgan fingerprint density at radius 1 is 1.55 bits per heavy atom. The molecule has 1 aliphatic heterocycles. The highest BCUT2D eigenvalue weighted by Crippen LogP contribution is 2.18. The average molecular weight is 165 g/mol. The minimum absolute atomic E-state index is 0.0108. The van der Waals surface area contributed by atoms with E-state index in [0.717, 1.165) is 0 Å². The molecule has 0 bridgehead atoms. The van der Waals surface area contributed by atoms with Crippen LogP contribution < -0.4 is 5.32 Å². The van der Waals surface area contributed by atoms with E-state index in [9.17, 15) is 13.6 Å². The van der Waals surface area contributed by atoms with Crippen LogP contribution in [-0.4, -0.2) is 30.1 Å². The maximum absolute atomic E-state index is 12.5. The molecule has 0 aromatic heterocycles. The van der Waals surface area contributed by atoms with Crippen molar-refractivity contribution in [2.24, 2.45) is 5.92 Å². The summed E-state index contributed by atoms with van der Waals surface area (Å²) in [6, 6.07) is 0. The Bertz CT molecular complexity index is 165. The smallest absolute Gasteiger partial charge is 0.307 e. The molecule has 3 nitrogen and oxygen atoms in total. The molecule has 1 saturated heterocycles. The Kier molecular flexibility index (Phi) is 2.38. The Morgan fingerprint density at radius 2 is 2.18 bits per heavy atom. The fourth-order valence-corrected chi connectivity index (χ4v) is 1.05. The van der Waals surface area contributed by atoms with Gasteiger partial charge in [-0.25, -0.2) is 8.78 Å². The van der Waals surface area contributed by atoms with Gasteiger partial charge >= 0.3 is 5.97 Å². The Balaban J connectivity index is 2.46. The SMILES string of the molecule is O=C(O)C1CNC(F)C(F)C1. The molecule has 1 fully saturated rings. The van der Waals surface area contributed by atoms with Crippen LogP contribution in [0.15, 0.2) is 0 Å². The molecule has 0 aromatic carbocycles. The molecule has 0 aromatic rings. The van der Waals surface area contributed by atoms with Crippen LogP contribution in [0.1, 0.15) is 6.42 Å². The number of rotatable bonds is 1. The largest absolute Gasteiger partial charge is 0.481 e. The maximum Gasteiger partial charge on any atom is 0.307 e. The first-order valence-corrected chi connectivity index (χ1v) is 3.35. The first-order valence-electron chi connectivity index (χ1n) is 3.35. The third-order valence-corrected chi connectivity index (χ3v) is 1.74. The summed E-state index contributed by atoms with van der Waals surface area (Å²) in [5, 5.41) is 10.6. The zero-order valence-corrected chi connectivity index (χ0v) is 5.76. The van der Waals surface area contributed by atoms with Crippen LogP contribution in [0.4, 0.5) is 8.78 Å². The second kappa shape index (κ2) is 3.13. The first-order chi connectivity index (χ1) is 5.11. The van der Waals surface area contributed by atoms with Gasteiger partial charge in [0.05, 0.1) is 5.92 Å². The van der Waals surface area contributed by atoms with Crippen LogP contribution in [0.2, 0.25) is 0 Å². The summed E-state index contributed by atoms with van der Waals surface area (Å²) in [6.45, 7) is 0.0108. The van der Waals surface area contributed by atoms with Crippen molar-refractivity contribution in [2.75, 3.05) is 6.54 Å². The van der Waals surface area contributed by atoms with Gasteiger partial charge in [0.15, 0.2) is 6.30 Å². The van der Waals surface area contributed by atoms with Crippen molar-refractivity contribution < 1.29 is 18.7 Å². The number of aliphatic carboxylic acids is 1. The number of alkyl halides is 2. The van der Waals surface area contributed by atoms with Crippen molar-refractivity contribution in [3.63, 3.8) is 0 Å². The molecule has 3 unspecified atom stereocenters. The average Bonchev–Trinajstić information content (AvgIpc) is 1.94. The quantitative estimate of drug-likeness (QED) is 0.550. The Labute approximate surface area is 62.4 Å². The predicted molar refractivity (Wildman–Crippen MR) is 33.5 cm³/mol. The molecule has 1 rings (SSSR count). The summed E-state index contributed by atoms with van der Waals surface area (Å²) >= 11 is 0. The van der Waals surface area contributed by atoms with Gasteiger partial charge in [0.2, 0.25) is 0 Å². The Hall–Kier alpha value is -0.710. The topological polar surface area (TPSA) is 49.3 Å². The van der Waals surface area contributed by atoms with Crippen molar-refractivity contribution >= 4 is 5.97 Å². The van der Waals surface area contributed by atoms with Gasteiger partial charge in [-0.3, -0.25) is 10.1 Å². The lowest BCUT2D eigenvalue weighted by molar-refractivity contribution is -0.143. The van der Waals surface area contributed by atoms with Crippen molar-refractivity contribution in [1.82, 2.24) is 5.32 Å². The number of piperidine rings is 1. The molecule has 11 heavy (non-hydrogen) atoms. The second-order valence-electron chi connectivity index (χ2n) is 2.60. The first kappa shape index (κ1) is 8.39. The zero-order valence-electron chi connectivity index (χ0n) is 5.76. The lowest BCUT2D eigenvalue weighted by atomic mass is 9.98. The van der Waals surface area contributed by atoms with Gasteiger partial charge in [-0.05, 0) is 6.42 Å². The Morgan fingerprint density at radius 3 is 2.64 bits per heavy atom. The summed E-state index contributed by atoms with van der Waals surface area (Å²) in [7, 11) is 0. The number of carboxylic acids is 1. The molecule has 5 heteroatoms. The van der Waals surface area contributed by atoms with E-state index in [1.807, 2.05) is 0 Å². The number of halogens is 2. The summed E-state index contributed by atoms with van der Waals surface area (Å²) in [5.74, 6) is -1.87. The van der Waals surface area contributed by atoms with Gasteiger partial charge in [0, 0.05) is 6.54 Å². The molecule has 64 valence electrons. The van der Waals surface area contributed by atoms with E-state index in [0.29, 0.717) is 0 Å². The van der Waals surface area contributed by atoms with E-state index in [4.69, 9.17) is 5.11 Å². The van der Waals surface area contributed by atoms with Gasteiger partial charge in [0.1, 0.15) is 6.17 Å². The molecule has 1 heterocycles. The molecule has 3 atom stereocenters. The number of carbonyl (C=O) groups is 1. The van der Waals surface area contributed by atoms with Crippen LogP contribution in [-0.2, 0) is 4.79 Å². The van der Waals surface area contributed by atoms with Gasteiger partial charge in [0.25, 0.3) is 0 Å². The number of hydrogen-bond acceptors (Lipinski definition) is 2. The minimum Gasteiger partial charge on any atom is -0.481 e. The lowest BCUT2D eigenvalue weighted by Crippen LogP contribution is -2.46. The number of hydrogen-bond donors (Lipinski definition) is 2. The summed E-state index contributed by atoms with van der Waals surface area (Å²) in [6.07, 6.45) is -3.63. The zero-order chi connectivity index (χ0) is 8.43. The van der Waals surface area contributed by atoms with Crippen LogP contribution in [0.5, 0.6) is 0 Å².